The Kier molecular flexibility index (Phi) is 4.29. The second-order valence-electron chi connectivity index (χ2n) is 12.2. The van der Waals surface area contributed by atoms with Crippen molar-refractivity contribution in [2.45, 2.75) is 97.2 Å². The molecule has 4 saturated carbocycles. The van der Waals surface area contributed by atoms with E-state index in [9.17, 15) is 4.79 Å². The van der Waals surface area contributed by atoms with Crippen molar-refractivity contribution < 1.29 is 14.3 Å². The number of fused-ring (bicyclic) bond motifs is 7. The van der Waals surface area contributed by atoms with E-state index in [1.807, 2.05) is 6.92 Å². The van der Waals surface area contributed by atoms with Crippen LogP contribution in [0.1, 0.15) is 91.4 Å². The Bertz CT molecular complexity index is 779. The lowest BCUT2D eigenvalue weighted by molar-refractivity contribution is -0.186. The molecule has 1 aliphatic heterocycles. The van der Waals surface area contributed by atoms with Crippen molar-refractivity contribution in [2.75, 3.05) is 13.2 Å². The molecule has 166 valence electrons. The van der Waals surface area contributed by atoms with Crippen molar-refractivity contribution in [2.24, 2.45) is 39.9 Å². The van der Waals surface area contributed by atoms with Crippen molar-refractivity contribution >= 4 is 5.78 Å². The molecule has 3 heteroatoms. The van der Waals surface area contributed by atoms with Gasteiger partial charge >= 0.3 is 0 Å². The van der Waals surface area contributed by atoms with Crippen LogP contribution in [0.5, 0.6) is 0 Å². The summed E-state index contributed by atoms with van der Waals surface area (Å²) in [5.41, 5.74) is 2.13. The number of carbonyl (C=O) groups excluding carboxylic acids is 1. The summed E-state index contributed by atoms with van der Waals surface area (Å²) >= 11 is 0. The summed E-state index contributed by atoms with van der Waals surface area (Å²) in [5, 5.41) is 0. The molecule has 5 fully saturated rings. The maximum atomic E-state index is 13.2. The van der Waals surface area contributed by atoms with Gasteiger partial charge in [0.2, 0.25) is 0 Å². The molecule has 1 spiro atoms. The molecule has 0 aromatic carbocycles. The van der Waals surface area contributed by atoms with Gasteiger partial charge in [-0.25, -0.2) is 0 Å². The van der Waals surface area contributed by atoms with Crippen LogP contribution in [-0.2, 0) is 14.3 Å². The fourth-order valence-electron chi connectivity index (χ4n) is 10.1. The van der Waals surface area contributed by atoms with E-state index < -0.39 is 0 Å². The first-order valence-electron chi connectivity index (χ1n) is 12.8. The number of Topliss-reactive ketones (excluding diaryl/α,β-unsaturated/α-hetero) is 1. The molecule has 1 saturated heterocycles. The third-order valence-electron chi connectivity index (χ3n) is 11.6. The van der Waals surface area contributed by atoms with Crippen molar-refractivity contribution in [3.05, 3.63) is 11.6 Å². The predicted octanol–water partition coefficient (Wildman–Crippen LogP) is 6.07. The first-order chi connectivity index (χ1) is 14.3. The zero-order chi connectivity index (χ0) is 20.8. The highest BCUT2D eigenvalue weighted by molar-refractivity contribution is 5.84. The van der Waals surface area contributed by atoms with Crippen LogP contribution in [-0.4, -0.2) is 24.8 Å². The summed E-state index contributed by atoms with van der Waals surface area (Å²) in [7, 11) is 0. The van der Waals surface area contributed by atoms with Gasteiger partial charge in [0.1, 0.15) is 5.78 Å². The minimum absolute atomic E-state index is 0.0199. The van der Waals surface area contributed by atoms with Crippen LogP contribution in [0.25, 0.3) is 0 Å². The molecule has 30 heavy (non-hydrogen) atoms. The highest BCUT2D eigenvalue weighted by Gasteiger charge is 2.69. The molecule has 0 bridgehead atoms. The molecule has 6 rings (SSSR count). The van der Waals surface area contributed by atoms with Crippen LogP contribution in [0.3, 0.4) is 0 Å². The zero-order valence-corrected chi connectivity index (χ0v) is 19.3. The molecule has 0 amide bonds. The predicted molar refractivity (Wildman–Crippen MR) is 117 cm³/mol. The van der Waals surface area contributed by atoms with Crippen molar-refractivity contribution in [1.82, 2.24) is 0 Å². The Balaban J connectivity index is 1.35. The summed E-state index contributed by atoms with van der Waals surface area (Å²) in [6, 6.07) is 0. The summed E-state index contributed by atoms with van der Waals surface area (Å²) < 4.78 is 12.2. The first kappa shape index (κ1) is 20.0. The number of hydrogen-bond donors (Lipinski definition) is 0. The number of carbonyl (C=O) groups is 1. The number of allylic oxidation sites excluding steroid dienone is 1. The average molecular weight is 413 g/mol. The van der Waals surface area contributed by atoms with Crippen LogP contribution >= 0.6 is 0 Å². The monoisotopic (exact) mass is 412 g/mol. The van der Waals surface area contributed by atoms with Gasteiger partial charge in [0.25, 0.3) is 0 Å². The minimum atomic E-state index is -0.317. The Morgan fingerprint density at radius 3 is 2.57 bits per heavy atom. The molecular formula is C27H40O3. The second kappa shape index (κ2) is 6.44. The highest BCUT2D eigenvalue weighted by Crippen LogP contribution is 2.74. The van der Waals surface area contributed by atoms with Crippen LogP contribution in [0.2, 0.25) is 0 Å². The van der Waals surface area contributed by atoms with E-state index in [2.05, 4.69) is 19.9 Å². The van der Waals surface area contributed by atoms with Crippen LogP contribution < -0.4 is 0 Å². The van der Waals surface area contributed by atoms with Crippen LogP contribution in [0.4, 0.5) is 0 Å². The van der Waals surface area contributed by atoms with E-state index in [1.165, 1.54) is 51.4 Å². The molecule has 5 aliphatic carbocycles. The van der Waals surface area contributed by atoms with Crippen molar-refractivity contribution in [3.63, 3.8) is 0 Å². The quantitative estimate of drug-likeness (QED) is 0.491. The normalized spacial score (nSPS) is 51.5. The maximum Gasteiger partial charge on any atom is 0.172 e. The lowest BCUT2D eigenvalue weighted by atomic mass is 9.44. The SMILES string of the molecule is CC(=O)[C@@]12CCCC[C@@H]1CC1C3CC=C4CC5(CC[C@]4(C)C3CC[C@@]12C)OCCO5. The summed E-state index contributed by atoms with van der Waals surface area (Å²) in [6.45, 7) is 8.54. The van der Waals surface area contributed by atoms with Gasteiger partial charge in [0.05, 0.1) is 13.2 Å². The molecule has 6 aliphatic rings. The Labute approximate surface area is 182 Å². The smallest absolute Gasteiger partial charge is 0.172 e. The van der Waals surface area contributed by atoms with E-state index in [1.54, 1.807) is 5.57 Å². The average Bonchev–Trinajstić information content (AvgIpc) is 3.29. The van der Waals surface area contributed by atoms with Crippen LogP contribution in [0, 0.1) is 39.9 Å². The van der Waals surface area contributed by atoms with Gasteiger partial charge < -0.3 is 9.47 Å². The Hall–Kier alpha value is -0.670. The summed E-state index contributed by atoms with van der Waals surface area (Å²) in [5.74, 6) is 3.11. The number of rotatable bonds is 1. The van der Waals surface area contributed by atoms with Crippen molar-refractivity contribution in [3.8, 4) is 0 Å². The van der Waals surface area contributed by atoms with E-state index in [0.717, 1.165) is 50.2 Å². The fourth-order valence-corrected chi connectivity index (χ4v) is 10.1. The molecule has 1 heterocycles. The third-order valence-corrected chi connectivity index (χ3v) is 11.6. The van der Waals surface area contributed by atoms with E-state index in [0.29, 0.717) is 17.1 Å². The van der Waals surface area contributed by atoms with Gasteiger partial charge in [-0.3, -0.25) is 4.79 Å². The lowest BCUT2D eigenvalue weighted by Gasteiger charge is -2.60. The van der Waals surface area contributed by atoms with E-state index in [4.69, 9.17) is 9.47 Å². The molecule has 7 atom stereocenters. The maximum absolute atomic E-state index is 13.2. The molecular weight excluding hydrogens is 372 g/mol. The Morgan fingerprint density at radius 1 is 1.00 bits per heavy atom. The first-order valence-corrected chi connectivity index (χ1v) is 12.8. The number of ketones is 1. The van der Waals surface area contributed by atoms with E-state index in [-0.39, 0.29) is 16.6 Å². The van der Waals surface area contributed by atoms with Gasteiger partial charge in [-0.1, -0.05) is 38.3 Å². The number of hydrogen-bond acceptors (Lipinski definition) is 3. The van der Waals surface area contributed by atoms with E-state index >= 15 is 0 Å². The Morgan fingerprint density at radius 2 is 1.80 bits per heavy atom. The minimum Gasteiger partial charge on any atom is -0.347 e. The van der Waals surface area contributed by atoms with Gasteiger partial charge in [0.15, 0.2) is 5.79 Å². The summed E-state index contributed by atoms with van der Waals surface area (Å²) in [6.07, 6.45) is 16.0. The van der Waals surface area contributed by atoms with Crippen LogP contribution in [0.15, 0.2) is 11.6 Å². The molecule has 3 unspecified atom stereocenters. The van der Waals surface area contributed by atoms with Gasteiger partial charge in [-0.2, -0.15) is 0 Å². The molecule has 0 aromatic heterocycles. The molecule has 0 radical (unpaired) electrons. The highest BCUT2D eigenvalue weighted by atomic mass is 16.7. The van der Waals surface area contributed by atoms with Gasteiger partial charge in [0, 0.05) is 18.3 Å². The van der Waals surface area contributed by atoms with Gasteiger partial charge in [-0.15, -0.1) is 0 Å². The molecule has 3 nitrogen and oxygen atoms in total. The van der Waals surface area contributed by atoms with Gasteiger partial charge in [-0.05, 0) is 86.4 Å². The number of ether oxygens (including phenoxy) is 2. The second-order valence-corrected chi connectivity index (χ2v) is 12.2. The standard InChI is InChI=1S/C27H40O3/c1-18(28)27-10-5-4-6-19(27)16-23-21-8-7-20-17-26(29-14-15-30-26)13-12-24(20,2)22(21)9-11-25(23,27)3/h7,19,21-23H,4-6,8-17H2,1-3H3/t19-,21?,22?,23?,24+,25+,27+/m1/s1. The zero-order valence-electron chi connectivity index (χ0n) is 19.3. The fraction of sp³-hybridized carbons (Fsp3) is 0.889. The molecule has 0 N–H and O–H groups in total. The largest absolute Gasteiger partial charge is 0.347 e. The topological polar surface area (TPSA) is 35.5 Å². The molecule has 0 aromatic rings. The third kappa shape index (κ3) is 2.32. The van der Waals surface area contributed by atoms with Crippen molar-refractivity contribution in [1.29, 1.82) is 0 Å². The summed E-state index contributed by atoms with van der Waals surface area (Å²) in [4.78, 5) is 13.2. The lowest BCUT2D eigenvalue weighted by Crippen LogP contribution is -2.56.